The number of aliphatic hydroxyl groups excluding tert-OH is 1. The van der Waals surface area contributed by atoms with E-state index in [1.807, 2.05) is 50.2 Å². The van der Waals surface area contributed by atoms with Crippen LogP contribution in [0, 0.1) is 13.8 Å². The molecule has 0 aliphatic rings. The summed E-state index contributed by atoms with van der Waals surface area (Å²) in [7, 11) is 0. The molecule has 2 aromatic carbocycles. The fourth-order valence-corrected chi connectivity index (χ4v) is 1.95. The summed E-state index contributed by atoms with van der Waals surface area (Å²) in [5.41, 5.74) is 3.39. The van der Waals surface area contributed by atoms with Gasteiger partial charge in [0.25, 0.3) is 5.91 Å². The summed E-state index contributed by atoms with van der Waals surface area (Å²) in [6, 6.07) is 13.0. The number of aryl methyl sites for hydroxylation is 2. The van der Waals surface area contributed by atoms with Gasteiger partial charge in [-0.3, -0.25) is 4.79 Å². The number of carbonyl (C=O) groups excluding carboxylic acids is 1. The molecule has 1 amide bonds. The molecule has 0 atom stereocenters. The summed E-state index contributed by atoms with van der Waals surface area (Å²) in [5, 5.41) is 11.9. The van der Waals surface area contributed by atoms with Crippen molar-refractivity contribution < 1.29 is 14.6 Å². The van der Waals surface area contributed by atoms with Crippen LogP contribution in [0.3, 0.4) is 0 Å². The number of carbonyl (C=O) groups is 1. The lowest BCUT2D eigenvalue weighted by Crippen LogP contribution is -2.21. The summed E-state index contributed by atoms with van der Waals surface area (Å²) in [4.78, 5) is 12.0. The molecule has 2 rings (SSSR count). The number of hydrogen-bond donors (Lipinski definition) is 2. The molecule has 0 saturated heterocycles. The lowest BCUT2D eigenvalue weighted by atomic mass is 10.1. The lowest BCUT2D eigenvalue weighted by molar-refractivity contribution is -0.118. The second kappa shape index (κ2) is 6.90. The van der Waals surface area contributed by atoms with E-state index >= 15 is 0 Å². The number of anilines is 1. The number of hydrogen-bond acceptors (Lipinski definition) is 3. The summed E-state index contributed by atoms with van der Waals surface area (Å²) in [5.74, 6) is 0.477. The van der Waals surface area contributed by atoms with E-state index in [4.69, 9.17) is 9.84 Å². The van der Waals surface area contributed by atoms with E-state index in [2.05, 4.69) is 5.32 Å². The fraction of sp³-hybridized carbons (Fsp3) is 0.235. The molecular formula is C17H19NO3. The summed E-state index contributed by atoms with van der Waals surface area (Å²) < 4.78 is 5.51. The predicted octanol–water partition coefficient (Wildman–Crippen LogP) is 2.81. The van der Waals surface area contributed by atoms with Crippen LogP contribution in [0.15, 0.2) is 42.5 Å². The Balaban J connectivity index is 1.97. The Bertz CT molecular complexity index is 638. The van der Waals surface area contributed by atoms with Crippen molar-refractivity contribution in [2.75, 3.05) is 11.9 Å². The first-order valence-electron chi connectivity index (χ1n) is 6.79. The molecule has 21 heavy (non-hydrogen) atoms. The van der Waals surface area contributed by atoms with Gasteiger partial charge in [-0.05, 0) is 42.7 Å². The Morgan fingerprint density at radius 3 is 2.62 bits per heavy atom. The second-order valence-corrected chi connectivity index (χ2v) is 4.91. The first-order valence-corrected chi connectivity index (χ1v) is 6.79. The Hall–Kier alpha value is -2.33. The zero-order valence-electron chi connectivity index (χ0n) is 12.2. The maximum Gasteiger partial charge on any atom is 0.262 e. The van der Waals surface area contributed by atoms with Crippen molar-refractivity contribution in [1.29, 1.82) is 0 Å². The van der Waals surface area contributed by atoms with Crippen LogP contribution >= 0.6 is 0 Å². The van der Waals surface area contributed by atoms with Crippen LogP contribution < -0.4 is 10.1 Å². The molecule has 0 spiro atoms. The molecule has 0 bridgehead atoms. The van der Waals surface area contributed by atoms with E-state index in [0.717, 1.165) is 16.7 Å². The molecule has 0 aliphatic heterocycles. The van der Waals surface area contributed by atoms with E-state index in [0.29, 0.717) is 11.4 Å². The van der Waals surface area contributed by atoms with Gasteiger partial charge in [-0.15, -0.1) is 0 Å². The van der Waals surface area contributed by atoms with Gasteiger partial charge in [0.2, 0.25) is 0 Å². The fourth-order valence-electron chi connectivity index (χ4n) is 1.95. The monoisotopic (exact) mass is 285 g/mol. The number of rotatable bonds is 5. The minimum absolute atomic E-state index is 0.0480. The van der Waals surface area contributed by atoms with Crippen molar-refractivity contribution >= 4 is 11.6 Å². The normalized spacial score (nSPS) is 10.2. The third-order valence-electron chi connectivity index (χ3n) is 3.21. The quantitative estimate of drug-likeness (QED) is 0.888. The van der Waals surface area contributed by atoms with Gasteiger partial charge in [0.15, 0.2) is 6.61 Å². The SMILES string of the molecule is Cc1ccc(CO)cc1NC(=O)COc1ccccc1C. The van der Waals surface area contributed by atoms with Crippen molar-refractivity contribution in [3.63, 3.8) is 0 Å². The number of para-hydroxylation sites is 1. The highest BCUT2D eigenvalue weighted by Crippen LogP contribution is 2.18. The zero-order chi connectivity index (χ0) is 15.2. The number of ether oxygens (including phenoxy) is 1. The number of nitrogens with one attached hydrogen (secondary N) is 1. The number of benzene rings is 2. The minimum Gasteiger partial charge on any atom is -0.483 e. The standard InChI is InChI=1S/C17H19NO3/c1-12-7-8-14(10-19)9-15(12)18-17(20)11-21-16-6-4-3-5-13(16)2/h3-9,19H,10-11H2,1-2H3,(H,18,20). The van der Waals surface area contributed by atoms with E-state index in [-0.39, 0.29) is 19.1 Å². The van der Waals surface area contributed by atoms with Gasteiger partial charge in [-0.2, -0.15) is 0 Å². The minimum atomic E-state index is -0.226. The maximum absolute atomic E-state index is 12.0. The molecule has 2 N–H and O–H groups in total. The highest BCUT2D eigenvalue weighted by molar-refractivity contribution is 5.92. The van der Waals surface area contributed by atoms with Gasteiger partial charge in [0.05, 0.1) is 6.61 Å². The van der Waals surface area contributed by atoms with Crippen LogP contribution in [0.5, 0.6) is 5.75 Å². The average Bonchev–Trinajstić information content (AvgIpc) is 2.48. The first kappa shape index (κ1) is 15.1. The van der Waals surface area contributed by atoms with Gasteiger partial charge in [0, 0.05) is 5.69 Å². The molecule has 0 fully saturated rings. The Kier molecular flexibility index (Phi) is 4.95. The highest BCUT2D eigenvalue weighted by Gasteiger charge is 2.07. The molecular weight excluding hydrogens is 266 g/mol. The van der Waals surface area contributed by atoms with Gasteiger partial charge in [-0.25, -0.2) is 0 Å². The molecule has 4 nitrogen and oxygen atoms in total. The molecule has 4 heteroatoms. The molecule has 2 aromatic rings. The Labute approximate surface area is 124 Å². The largest absolute Gasteiger partial charge is 0.483 e. The maximum atomic E-state index is 12.0. The summed E-state index contributed by atoms with van der Waals surface area (Å²) >= 11 is 0. The predicted molar refractivity (Wildman–Crippen MR) is 82.4 cm³/mol. The number of aliphatic hydroxyl groups is 1. The third-order valence-corrected chi connectivity index (χ3v) is 3.21. The van der Waals surface area contributed by atoms with Crippen molar-refractivity contribution in [2.45, 2.75) is 20.5 Å². The van der Waals surface area contributed by atoms with Crippen LogP contribution in [-0.4, -0.2) is 17.6 Å². The summed E-state index contributed by atoms with van der Waals surface area (Å²) in [6.07, 6.45) is 0. The van der Waals surface area contributed by atoms with E-state index in [1.165, 1.54) is 0 Å². The topological polar surface area (TPSA) is 58.6 Å². The lowest BCUT2D eigenvalue weighted by Gasteiger charge is -2.11. The van der Waals surface area contributed by atoms with Gasteiger partial charge >= 0.3 is 0 Å². The van der Waals surface area contributed by atoms with Gasteiger partial charge < -0.3 is 15.2 Å². The summed E-state index contributed by atoms with van der Waals surface area (Å²) in [6.45, 7) is 3.73. The Morgan fingerprint density at radius 1 is 1.14 bits per heavy atom. The van der Waals surface area contributed by atoms with E-state index < -0.39 is 0 Å². The van der Waals surface area contributed by atoms with Crippen LogP contribution in [0.2, 0.25) is 0 Å². The molecule has 0 aliphatic carbocycles. The molecule has 110 valence electrons. The molecule has 0 radical (unpaired) electrons. The van der Waals surface area contributed by atoms with Crippen molar-refractivity contribution in [2.24, 2.45) is 0 Å². The van der Waals surface area contributed by atoms with Gasteiger partial charge in [0.1, 0.15) is 5.75 Å². The third kappa shape index (κ3) is 4.07. The van der Waals surface area contributed by atoms with Crippen LogP contribution in [0.1, 0.15) is 16.7 Å². The second-order valence-electron chi connectivity index (χ2n) is 4.91. The highest BCUT2D eigenvalue weighted by atomic mass is 16.5. The van der Waals surface area contributed by atoms with E-state index in [1.54, 1.807) is 6.07 Å². The first-order chi connectivity index (χ1) is 10.1. The van der Waals surface area contributed by atoms with Crippen LogP contribution in [0.25, 0.3) is 0 Å². The molecule has 0 saturated carbocycles. The van der Waals surface area contributed by atoms with E-state index in [9.17, 15) is 4.79 Å². The smallest absolute Gasteiger partial charge is 0.262 e. The number of amides is 1. The molecule has 0 aromatic heterocycles. The average molecular weight is 285 g/mol. The van der Waals surface area contributed by atoms with Crippen LogP contribution in [0.4, 0.5) is 5.69 Å². The van der Waals surface area contributed by atoms with Crippen molar-refractivity contribution in [3.8, 4) is 5.75 Å². The van der Waals surface area contributed by atoms with Crippen LogP contribution in [-0.2, 0) is 11.4 Å². The van der Waals surface area contributed by atoms with Gasteiger partial charge in [-0.1, -0.05) is 30.3 Å². The Morgan fingerprint density at radius 2 is 1.90 bits per heavy atom. The zero-order valence-corrected chi connectivity index (χ0v) is 12.2. The molecule has 0 heterocycles. The van der Waals surface area contributed by atoms with Crippen molar-refractivity contribution in [1.82, 2.24) is 0 Å². The van der Waals surface area contributed by atoms with Crippen molar-refractivity contribution in [3.05, 3.63) is 59.2 Å². The molecule has 0 unspecified atom stereocenters.